The van der Waals surface area contributed by atoms with Crippen molar-refractivity contribution < 1.29 is 14.4 Å². The van der Waals surface area contributed by atoms with Crippen LogP contribution in [-0.2, 0) is 4.57 Å². The third kappa shape index (κ3) is 3.24. The van der Waals surface area contributed by atoms with Gasteiger partial charge in [0.2, 0.25) is 0 Å². The lowest BCUT2D eigenvalue weighted by molar-refractivity contribution is 0.387. The highest BCUT2D eigenvalue weighted by Crippen LogP contribution is 2.36. The first-order valence-electron chi connectivity index (χ1n) is 9.37. The van der Waals surface area contributed by atoms with Gasteiger partial charge in [0.25, 0.3) is 0 Å². The Labute approximate surface area is 178 Å². The second kappa shape index (κ2) is 7.12. The van der Waals surface area contributed by atoms with Crippen LogP contribution in [0.25, 0.3) is 38.6 Å². The van der Waals surface area contributed by atoms with Gasteiger partial charge in [0.05, 0.1) is 16.3 Å². The molecule has 4 aromatic carbocycles. The fourth-order valence-electron chi connectivity index (χ4n) is 3.91. The number of para-hydroxylation sites is 1. The summed E-state index contributed by atoms with van der Waals surface area (Å²) >= 11 is 6.31. The van der Waals surface area contributed by atoms with Crippen LogP contribution in [0.3, 0.4) is 0 Å². The van der Waals surface area contributed by atoms with Crippen LogP contribution in [0.15, 0.2) is 91.0 Å². The molecule has 5 rings (SSSR count). The van der Waals surface area contributed by atoms with Gasteiger partial charge >= 0.3 is 7.60 Å². The summed E-state index contributed by atoms with van der Waals surface area (Å²) in [6.07, 6.45) is 0. The molecule has 0 aliphatic heterocycles. The van der Waals surface area contributed by atoms with Crippen molar-refractivity contribution in [3.8, 4) is 16.8 Å². The van der Waals surface area contributed by atoms with Crippen molar-refractivity contribution in [3.63, 3.8) is 0 Å². The summed E-state index contributed by atoms with van der Waals surface area (Å²) in [5, 5.41) is 2.92. The second-order valence-corrected chi connectivity index (χ2v) is 9.20. The fraction of sp³-hybridized carbons (Fsp3) is 0. The standard InChI is InChI=1S/C24H17ClNO3P/c25-18-11-12-22-21-9-1-2-10-23(21)26(24(22)15-18)19-7-3-5-16(13-19)17-6-4-8-20(14-17)30(27,28)29/h1-15H,(H2,27,28,29). The number of fused-ring (bicyclic) bond motifs is 3. The summed E-state index contributed by atoms with van der Waals surface area (Å²) in [5.41, 5.74) is 4.63. The van der Waals surface area contributed by atoms with Gasteiger partial charge in [0.1, 0.15) is 0 Å². The molecule has 0 radical (unpaired) electrons. The van der Waals surface area contributed by atoms with Gasteiger partial charge in [0.15, 0.2) is 0 Å². The topological polar surface area (TPSA) is 62.5 Å². The minimum absolute atomic E-state index is 0.00838. The highest BCUT2D eigenvalue weighted by atomic mass is 35.5. The summed E-state index contributed by atoms with van der Waals surface area (Å²) in [7, 11) is -4.32. The van der Waals surface area contributed by atoms with Crippen LogP contribution < -0.4 is 5.30 Å². The van der Waals surface area contributed by atoms with Crippen molar-refractivity contribution in [2.75, 3.05) is 0 Å². The molecule has 6 heteroatoms. The first-order chi connectivity index (χ1) is 14.4. The van der Waals surface area contributed by atoms with Crippen LogP contribution in [0.1, 0.15) is 0 Å². The molecule has 5 aromatic rings. The number of halogens is 1. The highest BCUT2D eigenvalue weighted by molar-refractivity contribution is 7.60. The molecule has 0 saturated heterocycles. The molecule has 4 nitrogen and oxygen atoms in total. The SMILES string of the molecule is O=P(O)(O)c1cccc(-c2cccc(-n3c4ccccc4c4ccc(Cl)cc43)c2)c1. The quantitative estimate of drug-likeness (QED) is 0.348. The Morgan fingerprint density at radius 2 is 1.40 bits per heavy atom. The number of hydrogen-bond donors (Lipinski definition) is 2. The zero-order valence-corrected chi connectivity index (χ0v) is 17.4. The molecule has 0 fully saturated rings. The van der Waals surface area contributed by atoms with E-state index < -0.39 is 7.60 Å². The van der Waals surface area contributed by atoms with Crippen molar-refractivity contribution in [2.24, 2.45) is 0 Å². The smallest absolute Gasteiger partial charge is 0.321 e. The van der Waals surface area contributed by atoms with Crippen LogP contribution in [0.5, 0.6) is 0 Å². The van der Waals surface area contributed by atoms with Gasteiger partial charge < -0.3 is 14.4 Å². The van der Waals surface area contributed by atoms with E-state index in [1.807, 2.05) is 60.7 Å². The molecule has 1 heterocycles. The lowest BCUT2D eigenvalue weighted by atomic mass is 10.1. The monoisotopic (exact) mass is 433 g/mol. The molecule has 1 aromatic heterocycles. The van der Waals surface area contributed by atoms with Gasteiger partial charge in [-0.2, -0.15) is 0 Å². The Morgan fingerprint density at radius 3 is 2.20 bits per heavy atom. The molecule has 0 saturated carbocycles. The minimum atomic E-state index is -4.32. The average Bonchev–Trinajstić information content (AvgIpc) is 3.07. The molecule has 148 valence electrons. The largest absolute Gasteiger partial charge is 0.356 e. The lowest BCUT2D eigenvalue weighted by Crippen LogP contribution is -2.03. The number of rotatable bonds is 3. The van der Waals surface area contributed by atoms with Crippen molar-refractivity contribution in [2.45, 2.75) is 0 Å². The maximum absolute atomic E-state index is 11.7. The summed E-state index contributed by atoms with van der Waals surface area (Å²) in [5.74, 6) is 0. The van der Waals surface area contributed by atoms with Gasteiger partial charge in [-0.15, -0.1) is 0 Å². The molecular weight excluding hydrogens is 417 g/mol. The molecule has 30 heavy (non-hydrogen) atoms. The Balaban J connectivity index is 1.75. The summed E-state index contributed by atoms with van der Waals surface area (Å²) < 4.78 is 13.8. The zero-order valence-electron chi connectivity index (χ0n) is 15.7. The molecule has 0 bridgehead atoms. The number of nitrogens with zero attached hydrogens (tertiary/aromatic N) is 1. The van der Waals surface area contributed by atoms with E-state index in [0.717, 1.165) is 38.6 Å². The third-order valence-corrected chi connectivity index (χ3v) is 6.44. The molecule has 0 amide bonds. The van der Waals surface area contributed by atoms with Gasteiger partial charge in [0, 0.05) is 21.5 Å². The van der Waals surface area contributed by atoms with Gasteiger partial charge in [-0.3, -0.25) is 4.57 Å². The van der Waals surface area contributed by atoms with E-state index in [9.17, 15) is 14.4 Å². The van der Waals surface area contributed by atoms with E-state index in [1.165, 1.54) is 6.07 Å². The van der Waals surface area contributed by atoms with E-state index in [1.54, 1.807) is 12.1 Å². The van der Waals surface area contributed by atoms with E-state index >= 15 is 0 Å². The zero-order chi connectivity index (χ0) is 20.9. The van der Waals surface area contributed by atoms with Gasteiger partial charge in [-0.05, 0) is 53.6 Å². The number of aromatic nitrogens is 1. The fourth-order valence-corrected chi connectivity index (χ4v) is 4.67. The van der Waals surface area contributed by atoms with Crippen LogP contribution in [-0.4, -0.2) is 14.4 Å². The molecule has 0 aliphatic carbocycles. The van der Waals surface area contributed by atoms with Crippen molar-refractivity contribution in [1.29, 1.82) is 0 Å². The summed E-state index contributed by atoms with van der Waals surface area (Å²) in [6, 6.07) is 28.5. The van der Waals surface area contributed by atoms with Gasteiger partial charge in [-0.1, -0.05) is 60.1 Å². The van der Waals surface area contributed by atoms with E-state index in [4.69, 9.17) is 11.6 Å². The van der Waals surface area contributed by atoms with E-state index in [0.29, 0.717) is 5.02 Å². The second-order valence-electron chi connectivity index (χ2n) is 7.16. The predicted octanol–water partition coefficient (Wildman–Crippen LogP) is 5.91. The van der Waals surface area contributed by atoms with Crippen molar-refractivity contribution in [3.05, 3.63) is 96.0 Å². The normalized spacial score (nSPS) is 12.0. The Hall–Kier alpha value is -2.88. The maximum Gasteiger partial charge on any atom is 0.356 e. The van der Waals surface area contributed by atoms with Crippen LogP contribution in [0, 0.1) is 0 Å². The first-order valence-corrected chi connectivity index (χ1v) is 11.4. The van der Waals surface area contributed by atoms with Crippen LogP contribution in [0.2, 0.25) is 5.02 Å². The Morgan fingerprint density at radius 1 is 0.700 bits per heavy atom. The van der Waals surface area contributed by atoms with Crippen molar-refractivity contribution in [1.82, 2.24) is 4.57 Å². The number of benzene rings is 4. The van der Waals surface area contributed by atoms with Crippen LogP contribution in [0.4, 0.5) is 0 Å². The lowest BCUT2D eigenvalue weighted by Gasteiger charge is -2.11. The molecule has 0 spiro atoms. The summed E-state index contributed by atoms with van der Waals surface area (Å²) in [4.78, 5) is 19.0. The van der Waals surface area contributed by atoms with Gasteiger partial charge in [-0.25, -0.2) is 0 Å². The number of hydrogen-bond acceptors (Lipinski definition) is 1. The van der Waals surface area contributed by atoms with E-state index in [-0.39, 0.29) is 5.30 Å². The highest BCUT2D eigenvalue weighted by Gasteiger charge is 2.18. The van der Waals surface area contributed by atoms with Crippen LogP contribution >= 0.6 is 19.2 Å². The third-order valence-electron chi connectivity index (χ3n) is 5.26. The molecule has 0 unspecified atom stereocenters. The molecular formula is C24H17ClNO3P. The molecule has 2 N–H and O–H groups in total. The Kier molecular flexibility index (Phi) is 4.53. The molecule has 0 atom stereocenters. The Bertz CT molecular complexity index is 1470. The molecule has 0 aliphatic rings. The average molecular weight is 434 g/mol. The minimum Gasteiger partial charge on any atom is -0.321 e. The predicted molar refractivity (Wildman–Crippen MR) is 123 cm³/mol. The summed E-state index contributed by atoms with van der Waals surface area (Å²) in [6.45, 7) is 0. The van der Waals surface area contributed by atoms with E-state index in [2.05, 4.69) is 16.7 Å². The first kappa shape index (κ1) is 19.1. The maximum atomic E-state index is 11.7. The van der Waals surface area contributed by atoms with Crippen molar-refractivity contribution >= 4 is 46.3 Å².